The molecule has 3 aliphatic carbocycles. The molecule has 22 heavy (non-hydrogen) atoms. The first-order valence-electron chi connectivity index (χ1n) is 7.86. The minimum absolute atomic E-state index is 0.293. The second kappa shape index (κ2) is 5.54. The first-order chi connectivity index (χ1) is 10.6. The van der Waals surface area contributed by atoms with Gasteiger partial charge in [0.25, 0.3) is 0 Å². The Hall–Kier alpha value is -1.06. The van der Waals surface area contributed by atoms with E-state index in [4.69, 9.17) is 28.0 Å². The van der Waals surface area contributed by atoms with E-state index in [0.29, 0.717) is 21.5 Å². The lowest BCUT2D eigenvalue weighted by atomic mass is 9.81. The fourth-order valence-electron chi connectivity index (χ4n) is 4.73. The van der Waals surface area contributed by atoms with Gasteiger partial charge < -0.3 is 4.84 Å². The SMILES string of the molecule is O=C(O/N=C1\C[C@@H]2C[C@H]1[C@H]1CCC[C@@H]21)c1ccc(Cl)cc1Cl. The first-order valence-corrected chi connectivity index (χ1v) is 8.62. The molecule has 1 aromatic rings. The van der Waals surface area contributed by atoms with E-state index < -0.39 is 5.97 Å². The molecule has 0 saturated heterocycles. The molecule has 0 unspecified atom stereocenters. The fraction of sp³-hybridized carbons (Fsp3) is 0.529. The standard InChI is InChI=1S/C17H17Cl2NO2/c18-10-4-5-13(15(19)8-10)17(21)22-20-16-7-9-6-14(16)12-3-1-2-11(9)12/h4-5,8-9,11-12,14H,1-3,6-7H2/b20-16+/t9-,11-,12-,14-/m0/s1. The van der Waals surface area contributed by atoms with Crippen LogP contribution in [0.1, 0.15) is 42.5 Å². The highest BCUT2D eigenvalue weighted by Gasteiger charge is 2.52. The molecule has 3 nitrogen and oxygen atoms in total. The van der Waals surface area contributed by atoms with Gasteiger partial charge in [0.15, 0.2) is 0 Å². The smallest absolute Gasteiger partial charge is 0.313 e. The van der Waals surface area contributed by atoms with Gasteiger partial charge in [-0.3, -0.25) is 0 Å². The van der Waals surface area contributed by atoms with Crippen molar-refractivity contribution in [3.8, 4) is 0 Å². The summed E-state index contributed by atoms with van der Waals surface area (Å²) < 4.78 is 0. The molecular formula is C17H17Cl2NO2. The lowest BCUT2D eigenvalue weighted by Gasteiger charge is -2.25. The zero-order valence-corrected chi connectivity index (χ0v) is 13.6. The van der Waals surface area contributed by atoms with E-state index in [1.165, 1.54) is 31.7 Å². The second-order valence-electron chi connectivity index (χ2n) is 6.65. The van der Waals surface area contributed by atoms with Gasteiger partial charge >= 0.3 is 5.97 Å². The Morgan fingerprint density at radius 3 is 2.86 bits per heavy atom. The molecular weight excluding hydrogens is 321 g/mol. The molecule has 0 heterocycles. The number of carbonyl (C=O) groups excluding carboxylic acids is 1. The van der Waals surface area contributed by atoms with Crippen LogP contribution in [0.15, 0.2) is 23.4 Å². The fourth-order valence-corrected chi connectivity index (χ4v) is 5.21. The summed E-state index contributed by atoms with van der Waals surface area (Å²) in [6.45, 7) is 0. The van der Waals surface area contributed by atoms with Crippen molar-refractivity contribution in [2.24, 2.45) is 28.8 Å². The molecule has 1 aromatic carbocycles. The molecule has 4 atom stereocenters. The predicted octanol–water partition coefficient (Wildman–Crippen LogP) is 4.96. The quantitative estimate of drug-likeness (QED) is 0.564. The van der Waals surface area contributed by atoms with Crippen LogP contribution in [-0.2, 0) is 4.84 Å². The molecule has 3 fully saturated rings. The Labute approximate surface area is 139 Å². The van der Waals surface area contributed by atoms with Crippen LogP contribution in [0.5, 0.6) is 0 Å². The number of hydrogen-bond acceptors (Lipinski definition) is 3. The number of rotatable bonds is 2. The molecule has 5 heteroatoms. The van der Waals surface area contributed by atoms with Crippen LogP contribution in [0.3, 0.4) is 0 Å². The predicted molar refractivity (Wildman–Crippen MR) is 86.4 cm³/mol. The summed E-state index contributed by atoms with van der Waals surface area (Å²) in [5, 5.41) is 4.97. The average molecular weight is 338 g/mol. The van der Waals surface area contributed by atoms with Crippen LogP contribution in [-0.4, -0.2) is 11.7 Å². The van der Waals surface area contributed by atoms with Crippen molar-refractivity contribution < 1.29 is 9.63 Å². The van der Waals surface area contributed by atoms with Crippen LogP contribution < -0.4 is 0 Å². The minimum atomic E-state index is -0.514. The Morgan fingerprint density at radius 2 is 2.05 bits per heavy atom. The monoisotopic (exact) mass is 337 g/mol. The maximum atomic E-state index is 12.1. The molecule has 3 saturated carbocycles. The summed E-state index contributed by atoms with van der Waals surface area (Å²) in [6.07, 6.45) is 6.25. The summed E-state index contributed by atoms with van der Waals surface area (Å²) in [5.74, 6) is 2.45. The van der Waals surface area contributed by atoms with Crippen molar-refractivity contribution in [1.29, 1.82) is 0 Å². The molecule has 0 spiro atoms. The van der Waals surface area contributed by atoms with Gasteiger partial charge in [-0.25, -0.2) is 4.79 Å². The van der Waals surface area contributed by atoms with Crippen molar-refractivity contribution >= 4 is 34.9 Å². The molecule has 4 rings (SSSR count). The van der Waals surface area contributed by atoms with Gasteiger partial charge in [0.05, 0.1) is 16.3 Å². The van der Waals surface area contributed by atoms with Gasteiger partial charge in [-0.05, 0) is 61.6 Å². The number of hydrogen-bond donors (Lipinski definition) is 0. The molecule has 0 amide bonds. The van der Waals surface area contributed by atoms with E-state index in [-0.39, 0.29) is 0 Å². The van der Waals surface area contributed by atoms with Gasteiger partial charge in [0.1, 0.15) is 0 Å². The number of nitrogens with zero attached hydrogens (tertiary/aromatic N) is 1. The highest BCUT2D eigenvalue weighted by atomic mass is 35.5. The van der Waals surface area contributed by atoms with Crippen LogP contribution in [0.4, 0.5) is 0 Å². The van der Waals surface area contributed by atoms with Crippen LogP contribution in [0, 0.1) is 23.7 Å². The maximum Gasteiger partial charge on any atom is 0.367 e. The second-order valence-corrected chi connectivity index (χ2v) is 7.49. The maximum absolute atomic E-state index is 12.1. The number of halogens is 2. The third-order valence-electron chi connectivity index (χ3n) is 5.60. The molecule has 3 aliphatic rings. The molecule has 0 aliphatic heterocycles. The summed E-state index contributed by atoms with van der Waals surface area (Å²) >= 11 is 11.9. The van der Waals surface area contributed by atoms with E-state index in [2.05, 4.69) is 5.16 Å². The topological polar surface area (TPSA) is 38.7 Å². The molecule has 0 aromatic heterocycles. The van der Waals surface area contributed by atoms with Crippen LogP contribution >= 0.6 is 23.2 Å². The van der Waals surface area contributed by atoms with E-state index in [1.807, 2.05) is 0 Å². The van der Waals surface area contributed by atoms with Gasteiger partial charge in [0, 0.05) is 10.9 Å². The normalized spacial score (nSPS) is 34.2. The summed E-state index contributed by atoms with van der Waals surface area (Å²) in [6, 6.07) is 4.73. The Kier molecular flexibility index (Phi) is 3.66. The average Bonchev–Trinajstić information content (AvgIpc) is 3.17. The molecule has 2 bridgehead atoms. The number of carbonyl (C=O) groups is 1. The Morgan fingerprint density at radius 1 is 1.23 bits per heavy atom. The Bertz CT molecular complexity index is 658. The number of fused-ring (bicyclic) bond motifs is 5. The zero-order chi connectivity index (χ0) is 15.3. The minimum Gasteiger partial charge on any atom is -0.313 e. The highest BCUT2D eigenvalue weighted by molar-refractivity contribution is 6.36. The third kappa shape index (κ3) is 2.35. The first kappa shape index (κ1) is 14.5. The van der Waals surface area contributed by atoms with Gasteiger partial charge in [0.2, 0.25) is 0 Å². The van der Waals surface area contributed by atoms with Crippen molar-refractivity contribution in [2.75, 3.05) is 0 Å². The molecule has 0 radical (unpaired) electrons. The summed E-state index contributed by atoms with van der Waals surface area (Å²) in [4.78, 5) is 17.3. The van der Waals surface area contributed by atoms with Gasteiger partial charge in [-0.1, -0.05) is 34.8 Å². The Balaban J connectivity index is 1.47. The zero-order valence-electron chi connectivity index (χ0n) is 12.1. The summed E-state index contributed by atoms with van der Waals surface area (Å²) in [7, 11) is 0. The van der Waals surface area contributed by atoms with E-state index >= 15 is 0 Å². The highest BCUT2D eigenvalue weighted by Crippen LogP contribution is 2.57. The van der Waals surface area contributed by atoms with Crippen LogP contribution in [0.2, 0.25) is 10.0 Å². The lowest BCUT2D eigenvalue weighted by Crippen LogP contribution is -2.24. The third-order valence-corrected chi connectivity index (χ3v) is 6.15. The van der Waals surface area contributed by atoms with E-state index in [9.17, 15) is 4.79 Å². The van der Waals surface area contributed by atoms with E-state index in [0.717, 1.165) is 29.9 Å². The summed E-state index contributed by atoms with van der Waals surface area (Å²) in [5.41, 5.74) is 1.38. The van der Waals surface area contributed by atoms with Crippen molar-refractivity contribution in [1.82, 2.24) is 0 Å². The van der Waals surface area contributed by atoms with E-state index in [1.54, 1.807) is 12.1 Å². The van der Waals surface area contributed by atoms with Crippen molar-refractivity contribution in [3.05, 3.63) is 33.8 Å². The van der Waals surface area contributed by atoms with Gasteiger partial charge in [-0.2, -0.15) is 0 Å². The lowest BCUT2D eigenvalue weighted by molar-refractivity contribution is 0.0511. The largest absolute Gasteiger partial charge is 0.367 e. The molecule has 0 N–H and O–H groups in total. The number of benzene rings is 1. The van der Waals surface area contributed by atoms with Crippen molar-refractivity contribution in [2.45, 2.75) is 32.1 Å². The molecule has 116 valence electrons. The van der Waals surface area contributed by atoms with Gasteiger partial charge in [-0.15, -0.1) is 0 Å². The van der Waals surface area contributed by atoms with Crippen LogP contribution in [0.25, 0.3) is 0 Å². The number of oxime groups is 1. The van der Waals surface area contributed by atoms with Crippen molar-refractivity contribution in [3.63, 3.8) is 0 Å².